The van der Waals surface area contributed by atoms with Crippen LogP contribution in [0, 0.1) is 0 Å². The lowest BCUT2D eigenvalue weighted by molar-refractivity contribution is -0.0284. The Labute approximate surface area is 318 Å². The molecule has 0 aromatic rings. The lowest BCUT2D eigenvalue weighted by Crippen LogP contribution is -2.15. The SMILES string of the molecule is CCCCCCCCCCOCCOCCOCCOCCOCCOCCOCCOCCOCCOCCOCCOCCCCCCCC. The van der Waals surface area contributed by atoms with Crippen LogP contribution < -0.4 is 0 Å². The third-order valence-corrected chi connectivity index (χ3v) is 7.88. The van der Waals surface area contributed by atoms with Gasteiger partial charge in [-0.25, -0.2) is 0 Å². The van der Waals surface area contributed by atoms with Gasteiger partial charge in [0.15, 0.2) is 0 Å². The van der Waals surface area contributed by atoms with Gasteiger partial charge in [-0.2, -0.15) is 0 Å². The molecule has 0 unspecified atom stereocenters. The molecule has 0 aromatic carbocycles. The summed E-state index contributed by atoms with van der Waals surface area (Å²) in [6.07, 6.45) is 18.2. The molecule has 0 saturated heterocycles. The quantitative estimate of drug-likeness (QED) is 0.0618. The van der Waals surface area contributed by atoms with Crippen molar-refractivity contribution in [1.29, 1.82) is 0 Å². The van der Waals surface area contributed by atoms with E-state index in [2.05, 4.69) is 13.8 Å². The Morgan fingerprint density at radius 2 is 0.288 bits per heavy atom. The van der Waals surface area contributed by atoms with Crippen LogP contribution in [0.4, 0.5) is 0 Å². The second-order valence-electron chi connectivity index (χ2n) is 12.6. The van der Waals surface area contributed by atoms with Gasteiger partial charge in [-0.1, -0.05) is 90.9 Å². The van der Waals surface area contributed by atoms with E-state index in [1.165, 1.54) is 77.0 Å². The predicted octanol–water partition coefficient (Wildman–Crippen LogP) is 6.69. The first-order valence-corrected chi connectivity index (χ1v) is 20.8. The number of unbranched alkanes of at least 4 members (excludes halogenated alkanes) is 12. The maximum Gasteiger partial charge on any atom is 0.0701 e. The molecule has 0 aliphatic rings. The summed E-state index contributed by atoms with van der Waals surface area (Å²) in [7, 11) is 0. The summed E-state index contributed by atoms with van der Waals surface area (Å²) in [5, 5.41) is 0. The van der Waals surface area contributed by atoms with Crippen molar-refractivity contribution in [3.05, 3.63) is 0 Å². The summed E-state index contributed by atoms with van der Waals surface area (Å²) in [5.74, 6) is 0. The Kier molecular flexibility index (Phi) is 50.1. The second-order valence-corrected chi connectivity index (χ2v) is 12.6. The standard InChI is InChI=1S/C40H82O12/c1-3-5-7-9-11-12-14-16-18-42-20-22-44-24-26-46-28-30-48-32-34-50-36-38-52-40-39-51-37-35-49-33-31-47-29-27-45-25-23-43-21-19-41-17-15-13-10-8-6-4-2/h3-40H2,1-2H3. The minimum absolute atomic E-state index is 0.522. The van der Waals surface area contributed by atoms with Crippen molar-refractivity contribution < 1.29 is 56.8 Å². The van der Waals surface area contributed by atoms with Crippen molar-refractivity contribution in [2.24, 2.45) is 0 Å². The predicted molar refractivity (Wildman–Crippen MR) is 206 cm³/mol. The summed E-state index contributed by atoms with van der Waals surface area (Å²) in [5.41, 5.74) is 0. The molecule has 12 nitrogen and oxygen atoms in total. The van der Waals surface area contributed by atoms with Gasteiger partial charge >= 0.3 is 0 Å². The molecule has 0 atom stereocenters. The van der Waals surface area contributed by atoms with E-state index in [9.17, 15) is 0 Å². The lowest BCUT2D eigenvalue weighted by atomic mass is 10.1. The first kappa shape index (κ1) is 51.5. The van der Waals surface area contributed by atoms with Gasteiger partial charge in [0.2, 0.25) is 0 Å². The largest absolute Gasteiger partial charge is 0.379 e. The fourth-order valence-corrected chi connectivity index (χ4v) is 4.84. The maximum absolute atomic E-state index is 5.63. The molecule has 0 heterocycles. The van der Waals surface area contributed by atoms with Crippen molar-refractivity contribution >= 4 is 0 Å². The first-order valence-electron chi connectivity index (χ1n) is 20.8. The monoisotopic (exact) mass is 755 g/mol. The second kappa shape index (κ2) is 50.5. The topological polar surface area (TPSA) is 111 Å². The fraction of sp³-hybridized carbons (Fsp3) is 1.00. The number of hydrogen-bond acceptors (Lipinski definition) is 12. The van der Waals surface area contributed by atoms with Crippen LogP contribution in [0.15, 0.2) is 0 Å². The zero-order valence-corrected chi connectivity index (χ0v) is 33.8. The Balaban J connectivity index is 3.04. The van der Waals surface area contributed by atoms with Gasteiger partial charge < -0.3 is 56.8 Å². The van der Waals surface area contributed by atoms with Crippen LogP contribution in [0.25, 0.3) is 0 Å². The molecule has 0 bridgehead atoms. The molecule has 0 aliphatic carbocycles. The third-order valence-electron chi connectivity index (χ3n) is 7.88. The fourth-order valence-electron chi connectivity index (χ4n) is 4.84. The molecule has 0 aromatic heterocycles. The van der Waals surface area contributed by atoms with Gasteiger partial charge in [0, 0.05) is 13.2 Å². The van der Waals surface area contributed by atoms with Gasteiger partial charge in [-0.3, -0.25) is 0 Å². The van der Waals surface area contributed by atoms with E-state index in [0.29, 0.717) is 145 Å². The smallest absolute Gasteiger partial charge is 0.0701 e. The highest BCUT2D eigenvalue weighted by molar-refractivity contribution is 4.47. The maximum atomic E-state index is 5.63. The van der Waals surface area contributed by atoms with Gasteiger partial charge in [-0.05, 0) is 12.8 Å². The Morgan fingerprint density at radius 3 is 0.462 bits per heavy atom. The highest BCUT2D eigenvalue weighted by Crippen LogP contribution is 2.08. The van der Waals surface area contributed by atoms with E-state index < -0.39 is 0 Å². The van der Waals surface area contributed by atoms with Crippen molar-refractivity contribution in [2.45, 2.75) is 104 Å². The lowest BCUT2D eigenvalue weighted by Gasteiger charge is -2.09. The van der Waals surface area contributed by atoms with Crippen LogP contribution in [0.2, 0.25) is 0 Å². The molecular weight excluding hydrogens is 672 g/mol. The molecule has 0 fully saturated rings. The van der Waals surface area contributed by atoms with Gasteiger partial charge in [0.1, 0.15) is 0 Å². The van der Waals surface area contributed by atoms with Crippen molar-refractivity contribution in [2.75, 3.05) is 159 Å². The Hall–Kier alpha value is -0.480. The van der Waals surface area contributed by atoms with E-state index in [0.717, 1.165) is 26.1 Å². The third kappa shape index (κ3) is 49.5. The van der Waals surface area contributed by atoms with Crippen LogP contribution in [0.3, 0.4) is 0 Å². The van der Waals surface area contributed by atoms with E-state index >= 15 is 0 Å². The molecule has 314 valence electrons. The summed E-state index contributed by atoms with van der Waals surface area (Å²) in [6, 6.07) is 0. The number of rotatable bonds is 49. The average molecular weight is 755 g/mol. The molecule has 0 amide bonds. The minimum Gasteiger partial charge on any atom is -0.379 e. The normalized spacial score (nSPS) is 11.7. The van der Waals surface area contributed by atoms with Gasteiger partial charge in [0.25, 0.3) is 0 Å². The zero-order valence-electron chi connectivity index (χ0n) is 33.8. The van der Waals surface area contributed by atoms with Crippen molar-refractivity contribution in [1.82, 2.24) is 0 Å². The number of ether oxygens (including phenoxy) is 12. The van der Waals surface area contributed by atoms with Crippen LogP contribution in [-0.2, 0) is 56.8 Å². The van der Waals surface area contributed by atoms with Crippen molar-refractivity contribution in [3.63, 3.8) is 0 Å². The number of hydrogen-bond donors (Lipinski definition) is 0. The molecule has 0 aliphatic heterocycles. The Morgan fingerprint density at radius 1 is 0.154 bits per heavy atom. The average Bonchev–Trinajstić information content (AvgIpc) is 3.16. The van der Waals surface area contributed by atoms with Gasteiger partial charge in [0.05, 0.1) is 145 Å². The highest BCUT2D eigenvalue weighted by atomic mass is 16.6. The summed E-state index contributed by atoms with van der Waals surface area (Å²) < 4.78 is 66.4. The molecule has 0 saturated carbocycles. The van der Waals surface area contributed by atoms with E-state index in [1.807, 2.05) is 0 Å². The van der Waals surface area contributed by atoms with Gasteiger partial charge in [-0.15, -0.1) is 0 Å². The first-order chi connectivity index (χ1) is 25.9. The molecule has 12 heteroatoms. The summed E-state index contributed by atoms with van der Waals surface area (Å²) >= 11 is 0. The molecular formula is C40H82O12. The van der Waals surface area contributed by atoms with Crippen LogP contribution in [-0.4, -0.2) is 159 Å². The zero-order chi connectivity index (χ0) is 37.4. The van der Waals surface area contributed by atoms with Crippen LogP contribution in [0.1, 0.15) is 104 Å². The molecule has 0 N–H and O–H groups in total. The van der Waals surface area contributed by atoms with E-state index in [-0.39, 0.29) is 0 Å². The Bertz CT molecular complexity index is 555. The molecule has 0 spiro atoms. The summed E-state index contributed by atoms with van der Waals surface area (Å²) in [6.45, 7) is 18.4. The highest BCUT2D eigenvalue weighted by Gasteiger charge is 1.98. The van der Waals surface area contributed by atoms with Crippen molar-refractivity contribution in [3.8, 4) is 0 Å². The minimum atomic E-state index is 0.522. The molecule has 0 radical (unpaired) electrons. The summed E-state index contributed by atoms with van der Waals surface area (Å²) in [4.78, 5) is 0. The van der Waals surface area contributed by atoms with Crippen LogP contribution >= 0.6 is 0 Å². The molecule has 0 rings (SSSR count). The molecule has 52 heavy (non-hydrogen) atoms. The van der Waals surface area contributed by atoms with E-state index in [4.69, 9.17) is 56.8 Å². The van der Waals surface area contributed by atoms with E-state index in [1.54, 1.807) is 0 Å². The van der Waals surface area contributed by atoms with Crippen LogP contribution in [0.5, 0.6) is 0 Å².